The SMILES string of the molecule is CC(C)N(CCCl)C(=O)c1ccc(Cl)c(Br)c1. The van der Waals surface area contributed by atoms with E-state index in [2.05, 4.69) is 15.9 Å². The first kappa shape index (κ1) is 14.8. The smallest absolute Gasteiger partial charge is 0.254 e. The van der Waals surface area contributed by atoms with E-state index in [1.54, 1.807) is 23.1 Å². The standard InChI is InChI=1S/C12H14BrCl2NO/c1-8(2)16(6-5-14)12(17)9-3-4-11(15)10(13)7-9/h3-4,7-8H,5-6H2,1-2H3. The van der Waals surface area contributed by atoms with Crippen LogP contribution < -0.4 is 0 Å². The van der Waals surface area contributed by atoms with Crippen molar-refractivity contribution >= 4 is 45.0 Å². The van der Waals surface area contributed by atoms with E-state index in [1.165, 1.54) is 0 Å². The van der Waals surface area contributed by atoms with E-state index in [0.717, 1.165) is 4.47 Å². The summed E-state index contributed by atoms with van der Waals surface area (Å²) in [4.78, 5) is 14.0. The summed E-state index contributed by atoms with van der Waals surface area (Å²) >= 11 is 14.9. The Labute approximate surface area is 120 Å². The lowest BCUT2D eigenvalue weighted by Gasteiger charge is -2.26. The highest BCUT2D eigenvalue weighted by Crippen LogP contribution is 2.24. The molecule has 94 valence electrons. The minimum Gasteiger partial charge on any atom is -0.335 e. The average Bonchev–Trinajstić information content (AvgIpc) is 2.28. The molecular weight excluding hydrogens is 325 g/mol. The second-order valence-electron chi connectivity index (χ2n) is 3.91. The zero-order chi connectivity index (χ0) is 13.0. The third-order valence-electron chi connectivity index (χ3n) is 2.38. The summed E-state index contributed by atoms with van der Waals surface area (Å²) in [5, 5.41) is 0.593. The fourth-order valence-electron chi connectivity index (χ4n) is 1.48. The lowest BCUT2D eigenvalue weighted by molar-refractivity contribution is 0.0718. The normalized spacial score (nSPS) is 10.7. The van der Waals surface area contributed by atoms with Gasteiger partial charge in [0.05, 0.1) is 5.02 Å². The van der Waals surface area contributed by atoms with Crippen molar-refractivity contribution in [2.45, 2.75) is 19.9 Å². The van der Waals surface area contributed by atoms with E-state index in [0.29, 0.717) is 23.0 Å². The summed E-state index contributed by atoms with van der Waals surface area (Å²) < 4.78 is 0.722. The molecule has 0 bridgehead atoms. The first-order valence-electron chi connectivity index (χ1n) is 5.29. The second kappa shape index (κ2) is 6.62. The molecule has 0 fully saturated rings. The van der Waals surface area contributed by atoms with Gasteiger partial charge in [0.25, 0.3) is 5.91 Å². The highest BCUT2D eigenvalue weighted by Gasteiger charge is 2.18. The molecule has 17 heavy (non-hydrogen) atoms. The number of alkyl halides is 1. The second-order valence-corrected chi connectivity index (χ2v) is 5.55. The fraction of sp³-hybridized carbons (Fsp3) is 0.417. The van der Waals surface area contributed by atoms with Gasteiger partial charge in [-0.3, -0.25) is 4.79 Å². The van der Waals surface area contributed by atoms with Crippen LogP contribution >= 0.6 is 39.1 Å². The summed E-state index contributed by atoms with van der Waals surface area (Å²) in [6.07, 6.45) is 0. The topological polar surface area (TPSA) is 20.3 Å². The Morgan fingerprint density at radius 3 is 2.59 bits per heavy atom. The molecule has 0 atom stereocenters. The molecule has 0 aromatic heterocycles. The maximum atomic E-state index is 12.2. The van der Waals surface area contributed by atoms with Gasteiger partial charge in [0.2, 0.25) is 0 Å². The summed E-state index contributed by atoms with van der Waals surface area (Å²) in [6, 6.07) is 5.28. The first-order chi connectivity index (χ1) is 7.97. The number of nitrogens with zero attached hydrogens (tertiary/aromatic N) is 1. The number of carbonyl (C=O) groups is 1. The van der Waals surface area contributed by atoms with E-state index in [4.69, 9.17) is 23.2 Å². The van der Waals surface area contributed by atoms with Gasteiger partial charge in [-0.05, 0) is 48.0 Å². The average molecular weight is 339 g/mol. The third kappa shape index (κ3) is 3.87. The lowest BCUT2D eigenvalue weighted by Crippen LogP contribution is -2.38. The zero-order valence-electron chi connectivity index (χ0n) is 9.71. The Morgan fingerprint density at radius 1 is 1.47 bits per heavy atom. The van der Waals surface area contributed by atoms with Crippen LogP contribution in [-0.4, -0.2) is 29.3 Å². The number of benzene rings is 1. The van der Waals surface area contributed by atoms with E-state index in [1.807, 2.05) is 13.8 Å². The van der Waals surface area contributed by atoms with Crippen molar-refractivity contribution in [1.29, 1.82) is 0 Å². The Balaban J connectivity index is 2.97. The lowest BCUT2D eigenvalue weighted by atomic mass is 10.1. The predicted octanol–water partition coefficient (Wildman–Crippen LogP) is 4.19. The van der Waals surface area contributed by atoms with Crippen LogP contribution in [0.3, 0.4) is 0 Å². The zero-order valence-corrected chi connectivity index (χ0v) is 12.8. The van der Waals surface area contributed by atoms with E-state index >= 15 is 0 Å². The quantitative estimate of drug-likeness (QED) is 0.754. The molecule has 0 saturated carbocycles. The van der Waals surface area contributed by atoms with Crippen molar-refractivity contribution in [3.8, 4) is 0 Å². The molecule has 0 aliphatic heterocycles. The number of hydrogen-bond acceptors (Lipinski definition) is 1. The number of carbonyl (C=O) groups excluding carboxylic acids is 1. The molecule has 0 spiro atoms. The molecule has 5 heteroatoms. The molecule has 1 amide bonds. The van der Waals surface area contributed by atoms with Gasteiger partial charge in [0.15, 0.2) is 0 Å². The van der Waals surface area contributed by atoms with Gasteiger partial charge in [0, 0.05) is 28.5 Å². The van der Waals surface area contributed by atoms with Crippen LogP contribution in [0.2, 0.25) is 5.02 Å². The van der Waals surface area contributed by atoms with E-state index < -0.39 is 0 Å². The van der Waals surface area contributed by atoms with Gasteiger partial charge in [-0.1, -0.05) is 11.6 Å². The van der Waals surface area contributed by atoms with Crippen molar-refractivity contribution in [2.24, 2.45) is 0 Å². The summed E-state index contributed by atoms with van der Waals surface area (Å²) in [7, 11) is 0. The molecular formula is C12H14BrCl2NO. The highest BCUT2D eigenvalue weighted by molar-refractivity contribution is 9.10. The Bertz CT molecular complexity index is 409. The molecule has 0 radical (unpaired) electrons. The molecule has 1 aromatic rings. The minimum atomic E-state index is -0.0296. The van der Waals surface area contributed by atoms with Crippen LogP contribution in [0.25, 0.3) is 0 Å². The molecule has 1 rings (SSSR count). The molecule has 0 unspecified atom stereocenters. The van der Waals surface area contributed by atoms with Gasteiger partial charge in [-0.15, -0.1) is 11.6 Å². The Morgan fingerprint density at radius 2 is 2.12 bits per heavy atom. The maximum Gasteiger partial charge on any atom is 0.254 e. The largest absolute Gasteiger partial charge is 0.335 e. The molecule has 2 nitrogen and oxygen atoms in total. The highest BCUT2D eigenvalue weighted by atomic mass is 79.9. The van der Waals surface area contributed by atoms with Crippen molar-refractivity contribution < 1.29 is 4.79 Å². The Hall–Kier alpha value is -0.250. The summed E-state index contributed by atoms with van der Waals surface area (Å²) in [5.41, 5.74) is 0.611. The predicted molar refractivity (Wildman–Crippen MR) is 76.0 cm³/mol. The van der Waals surface area contributed by atoms with E-state index in [-0.39, 0.29) is 11.9 Å². The van der Waals surface area contributed by atoms with Crippen LogP contribution in [0.1, 0.15) is 24.2 Å². The van der Waals surface area contributed by atoms with Crippen LogP contribution in [-0.2, 0) is 0 Å². The monoisotopic (exact) mass is 337 g/mol. The fourth-order valence-corrected chi connectivity index (χ4v) is 2.16. The summed E-state index contributed by atoms with van der Waals surface area (Å²) in [6.45, 7) is 4.48. The van der Waals surface area contributed by atoms with Gasteiger partial charge >= 0.3 is 0 Å². The van der Waals surface area contributed by atoms with Crippen molar-refractivity contribution in [1.82, 2.24) is 4.90 Å². The number of hydrogen-bond donors (Lipinski definition) is 0. The van der Waals surface area contributed by atoms with Crippen molar-refractivity contribution in [2.75, 3.05) is 12.4 Å². The van der Waals surface area contributed by atoms with Crippen LogP contribution in [0.15, 0.2) is 22.7 Å². The molecule has 0 N–H and O–H groups in total. The molecule has 0 heterocycles. The van der Waals surface area contributed by atoms with Crippen molar-refractivity contribution in [3.05, 3.63) is 33.3 Å². The third-order valence-corrected chi connectivity index (χ3v) is 3.76. The summed E-state index contributed by atoms with van der Waals surface area (Å²) in [5.74, 6) is 0.400. The minimum absolute atomic E-state index is 0.0296. The number of amides is 1. The number of halogens is 3. The maximum absolute atomic E-state index is 12.2. The molecule has 0 aliphatic carbocycles. The van der Waals surface area contributed by atoms with E-state index in [9.17, 15) is 4.79 Å². The number of rotatable bonds is 4. The van der Waals surface area contributed by atoms with Crippen LogP contribution in [0, 0.1) is 0 Å². The van der Waals surface area contributed by atoms with Gasteiger partial charge in [-0.2, -0.15) is 0 Å². The van der Waals surface area contributed by atoms with Crippen LogP contribution in [0.4, 0.5) is 0 Å². The van der Waals surface area contributed by atoms with Crippen LogP contribution in [0.5, 0.6) is 0 Å². The molecule has 1 aromatic carbocycles. The Kier molecular flexibility index (Phi) is 5.77. The van der Waals surface area contributed by atoms with Gasteiger partial charge in [-0.25, -0.2) is 0 Å². The molecule has 0 saturated heterocycles. The van der Waals surface area contributed by atoms with Crippen molar-refractivity contribution in [3.63, 3.8) is 0 Å². The molecule has 0 aliphatic rings. The van der Waals surface area contributed by atoms with Gasteiger partial charge in [0.1, 0.15) is 0 Å². The van der Waals surface area contributed by atoms with Gasteiger partial charge < -0.3 is 4.90 Å². The first-order valence-corrected chi connectivity index (χ1v) is 7.00.